The maximum absolute atomic E-state index is 12.6. The van der Waals surface area contributed by atoms with E-state index in [1.807, 2.05) is 0 Å². The molecule has 6 nitrogen and oxygen atoms in total. The number of anilines is 1. The van der Waals surface area contributed by atoms with Crippen LogP contribution in [-0.2, 0) is 10.0 Å². The van der Waals surface area contributed by atoms with Crippen molar-refractivity contribution in [1.29, 1.82) is 0 Å². The van der Waals surface area contributed by atoms with Crippen LogP contribution in [0.3, 0.4) is 0 Å². The van der Waals surface area contributed by atoms with Gasteiger partial charge < -0.3 is 9.84 Å². The topological polar surface area (TPSA) is 83.9 Å². The summed E-state index contributed by atoms with van der Waals surface area (Å²) in [6.45, 7) is 0. The number of benzene rings is 2. The van der Waals surface area contributed by atoms with E-state index in [0.29, 0.717) is 0 Å². The number of aromatic carboxylic acids is 1. The third kappa shape index (κ3) is 3.04. The molecule has 2 aromatic rings. The van der Waals surface area contributed by atoms with Gasteiger partial charge in [-0.1, -0.05) is 18.2 Å². The number of nitrogens with zero attached hydrogens (tertiary/aromatic N) is 1. The van der Waals surface area contributed by atoms with E-state index in [-0.39, 0.29) is 21.9 Å². The lowest BCUT2D eigenvalue weighted by Gasteiger charge is -2.20. The molecule has 0 saturated carbocycles. The number of carboxylic acid groups (broad SMARTS) is 1. The highest BCUT2D eigenvalue weighted by atomic mass is 32.2. The Morgan fingerprint density at radius 3 is 2.32 bits per heavy atom. The van der Waals surface area contributed by atoms with E-state index in [2.05, 4.69) is 0 Å². The van der Waals surface area contributed by atoms with Crippen LogP contribution in [0.15, 0.2) is 53.4 Å². The maximum Gasteiger partial charge on any atom is 0.335 e. The van der Waals surface area contributed by atoms with E-state index in [4.69, 9.17) is 9.84 Å². The quantitative estimate of drug-likeness (QED) is 0.913. The Morgan fingerprint density at radius 1 is 1.14 bits per heavy atom. The van der Waals surface area contributed by atoms with Gasteiger partial charge in [0.1, 0.15) is 5.75 Å². The van der Waals surface area contributed by atoms with Crippen LogP contribution in [0.1, 0.15) is 10.4 Å². The van der Waals surface area contributed by atoms with E-state index in [9.17, 15) is 13.2 Å². The van der Waals surface area contributed by atoms with Gasteiger partial charge in [-0.3, -0.25) is 4.31 Å². The zero-order chi connectivity index (χ0) is 16.3. The highest BCUT2D eigenvalue weighted by molar-refractivity contribution is 7.92. The van der Waals surface area contributed by atoms with Gasteiger partial charge in [-0.2, -0.15) is 0 Å². The normalized spacial score (nSPS) is 11.0. The first-order valence-electron chi connectivity index (χ1n) is 6.32. The largest absolute Gasteiger partial charge is 0.497 e. The monoisotopic (exact) mass is 321 g/mol. The van der Waals surface area contributed by atoms with Crippen LogP contribution in [-0.4, -0.2) is 33.7 Å². The molecule has 0 aromatic heterocycles. The van der Waals surface area contributed by atoms with Crippen LogP contribution in [0.4, 0.5) is 5.69 Å². The lowest BCUT2D eigenvalue weighted by atomic mass is 10.2. The molecular weight excluding hydrogens is 306 g/mol. The number of hydrogen-bond acceptors (Lipinski definition) is 4. The minimum atomic E-state index is -3.77. The molecule has 0 aliphatic rings. The average Bonchev–Trinajstić information content (AvgIpc) is 2.54. The summed E-state index contributed by atoms with van der Waals surface area (Å²) in [7, 11) is -1.03. The molecule has 0 radical (unpaired) electrons. The van der Waals surface area contributed by atoms with Crippen molar-refractivity contribution in [3.05, 3.63) is 54.1 Å². The first kappa shape index (κ1) is 15.8. The van der Waals surface area contributed by atoms with Crippen LogP contribution in [0.5, 0.6) is 5.75 Å². The van der Waals surface area contributed by atoms with Gasteiger partial charge in [-0.15, -0.1) is 0 Å². The molecule has 0 atom stereocenters. The summed E-state index contributed by atoms with van der Waals surface area (Å²) in [5.74, 6) is -0.893. The molecule has 0 unspecified atom stereocenters. The summed E-state index contributed by atoms with van der Waals surface area (Å²) in [5, 5.41) is 9.11. The maximum atomic E-state index is 12.6. The molecule has 7 heteroatoms. The van der Waals surface area contributed by atoms with Gasteiger partial charge in [-0.05, 0) is 24.3 Å². The Hall–Kier alpha value is -2.54. The van der Waals surface area contributed by atoms with Gasteiger partial charge in [0.25, 0.3) is 10.0 Å². The fraction of sp³-hybridized carbons (Fsp3) is 0.133. The molecule has 2 aromatic carbocycles. The summed E-state index contributed by atoms with van der Waals surface area (Å²) in [4.78, 5) is 11.3. The van der Waals surface area contributed by atoms with E-state index in [1.165, 1.54) is 44.5 Å². The highest BCUT2D eigenvalue weighted by Crippen LogP contribution is 2.27. The van der Waals surface area contributed by atoms with Gasteiger partial charge in [0.15, 0.2) is 0 Å². The molecule has 0 heterocycles. The summed E-state index contributed by atoms with van der Waals surface area (Å²) in [6, 6.07) is 12.0. The van der Waals surface area contributed by atoms with Gasteiger partial charge in [0, 0.05) is 13.1 Å². The molecule has 0 amide bonds. The Kier molecular flexibility index (Phi) is 4.37. The van der Waals surface area contributed by atoms with Crippen molar-refractivity contribution in [3.8, 4) is 5.75 Å². The molecule has 0 aliphatic heterocycles. The van der Waals surface area contributed by atoms with Crippen molar-refractivity contribution in [2.45, 2.75) is 4.90 Å². The van der Waals surface area contributed by atoms with Crippen LogP contribution in [0.2, 0.25) is 0 Å². The first-order valence-corrected chi connectivity index (χ1v) is 7.76. The second-order valence-corrected chi connectivity index (χ2v) is 6.48. The Bertz CT molecular complexity index is 787. The van der Waals surface area contributed by atoms with Crippen molar-refractivity contribution in [1.82, 2.24) is 0 Å². The van der Waals surface area contributed by atoms with E-state index in [0.717, 1.165) is 4.31 Å². The second-order valence-electron chi connectivity index (χ2n) is 4.51. The molecule has 0 saturated heterocycles. The minimum absolute atomic E-state index is 0.0514. The Morgan fingerprint density at radius 2 is 1.77 bits per heavy atom. The number of carbonyl (C=O) groups is 1. The lowest BCUT2D eigenvalue weighted by Crippen LogP contribution is -2.26. The smallest absolute Gasteiger partial charge is 0.335 e. The minimum Gasteiger partial charge on any atom is -0.497 e. The number of ether oxygens (including phenoxy) is 1. The molecule has 2 rings (SSSR count). The van der Waals surface area contributed by atoms with Crippen molar-refractivity contribution in [2.24, 2.45) is 0 Å². The van der Waals surface area contributed by atoms with Crippen LogP contribution >= 0.6 is 0 Å². The Balaban J connectivity index is 2.51. The summed E-state index contributed by atoms with van der Waals surface area (Å²) in [6.07, 6.45) is 0. The van der Waals surface area contributed by atoms with E-state index >= 15 is 0 Å². The molecule has 0 bridgehead atoms. The van der Waals surface area contributed by atoms with Crippen molar-refractivity contribution in [3.63, 3.8) is 0 Å². The van der Waals surface area contributed by atoms with Crippen molar-refractivity contribution in [2.75, 3.05) is 18.5 Å². The fourth-order valence-electron chi connectivity index (χ4n) is 1.90. The van der Waals surface area contributed by atoms with Crippen LogP contribution in [0.25, 0.3) is 0 Å². The Labute approximate surface area is 128 Å². The average molecular weight is 321 g/mol. The van der Waals surface area contributed by atoms with E-state index in [1.54, 1.807) is 18.2 Å². The van der Waals surface area contributed by atoms with Crippen LogP contribution in [0, 0.1) is 0 Å². The number of sulfonamides is 1. The van der Waals surface area contributed by atoms with Gasteiger partial charge in [0.05, 0.1) is 23.3 Å². The number of carboxylic acids is 1. The second kappa shape index (κ2) is 6.07. The molecule has 0 fully saturated rings. The van der Waals surface area contributed by atoms with Crippen molar-refractivity contribution >= 4 is 21.7 Å². The summed E-state index contributed by atoms with van der Waals surface area (Å²) >= 11 is 0. The molecular formula is C15H15NO5S. The zero-order valence-electron chi connectivity index (χ0n) is 12.1. The molecule has 1 N–H and O–H groups in total. The molecule has 0 aliphatic carbocycles. The molecule has 22 heavy (non-hydrogen) atoms. The van der Waals surface area contributed by atoms with Crippen LogP contribution < -0.4 is 9.04 Å². The molecule has 0 spiro atoms. The van der Waals surface area contributed by atoms with Crippen molar-refractivity contribution < 1.29 is 23.1 Å². The SMILES string of the molecule is COc1cc(C(=O)O)cc(N(C)S(=O)(=O)c2ccccc2)c1. The summed E-state index contributed by atoms with van der Waals surface area (Å²) in [5.41, 5.74) is 0.157. The number of methoxy groups -OCH3 is 1. The van der Waals surface area contributed by atoms with E-state index < -0.39 is 16.0 Å². The predicted molar refractivity (Wildman–Crippen MR) is 82.0 cm³/mol. The number of hydrogen-bond donors (Lipinski definition) is 1. The zero-order valence-corrected chi connectivity index (χ0v) is 12.9. The third-order valence-electron chi connectivity index (χ3n) is 3.14. The fourth-order valence-corrected chi connectivity index (χ4v) is 3.10. The summed E-state index contributed by atoms with van der Waals surface area (Å²) < 4.78 is 31.2. The predicted octanol–water partition coefficient (Wildman–Crippen LogP) is 2.22. The number of rotatable bonds is 5. The van der Waals surface area contributed by atoms with Gasteiger partial charge in [-0.25, -0.2) is 13.2 Å². The third-order valence-corrected chi connectivity index (χ3v) is 4.94. The lowest BCUT2D eigenvalue weighted by molar-refractivity contribution is 0.0696. The first-order chi connectivity index (χ1) is 10.4. The van der Waals surface area contributed by atoms with Gasteiger partial charge >= 0.3 is 5.97 Å². The van der Waals surface area contributed by atoms with Gasteiger partial charge in [0.2, 0.25) is 0 Å². The highest BCUT2D eigenvalue weighted by Gasteiger charge is 2.22. The standard InChI is InChI=1S/C15H15NO5S/c1-16(22(19,20)14-6-4-3-5-7-14)12-8-11(15(17)18)9-13(10-12)21-2/h3-10H,1-2H3,(H,17,18). The molecule has 116 valence electrons.